The molecule has 1 nitrogen and oxygen atoms in total. The Balaban J connectivity index is 2.91. The van der Waals surface area contributed by atoms with Crippen LogP contribution in [0, 0.1) is 11.5 Å². The summed E-state index contributed by atoms with van der Waals surface area (Å²) < 4.78 is 0. The van der Waals surface area contributed by atoms with Gasteiger partial charge in [-0.3, -0.25) is 0 Å². The summed E-state index contributed by atoms with van der Waals surface area (Å²) in [6.45, 7) is 0.572. The van der Waals surface area contributed by atoms with E-state index in [9.17, 15) is 0 Å². The Labute approximate surface area is 51.7 Å². The lowest BCUT2D eigenvalue weighted by Crippen LogP contribution is -2.01. The summed E-state index contributed by atoms with van der Waals surface area (Å²) in [5, 5.41) is 0. The first-order chi connectivity index (χ1) is 3.41. The molecule has 0 heterocycles. The highest BCUT2D eigenvalue weighted by Crippen LogP contribution is 1.46. The first-order valence-corrected chi connectivity index (χ1v) is 12.9. The molecule has 0 spiro atoms. The average molecular weight is 145 g/mol. The lowest BCUT2D eigenvalue weighted by atomic mass is 10.7. The van der Waals surface area contributed by atoms with Gasteiger partial charge in [0.25, 0.3) is 0 Å². The molecule has 0 amide bonds. The van der Waals surface area contributed by atoms with Gasteiger partial charge in [-0.15, -0.1) is 5.54 Å². The van der Waals surface area contributed by atoms with Gasteiger partial charge in [0.05, 0.1) is 15.6 Å². The van der Waals surface area contributed by atoms with Crippen LogP contribution in [0.3, 0.4) is 0 Å². The summed E-state index contributed by atoms with van der Waals surface area (Å²) in [6, 6.07) is 0. The molecule has 0 aliphatic rings. The van der Waals surface area contributed by atoms with Gasteiger partial charge >= 0.3 is 0 Å². The zero-order chi connectivity index (χ0) is 5.54. The lowest BCUT2D eigenvalue weighted by molar-refractivity contribution is 1.30. The SMILES string of the molecule is NCC#C[SiH2][SiH2][SiH3]. The minimum absolute atomic E-state index is 0.170. The summed E-state index contributed by atoms with van der Waals surface area (Å²) in [7, 11) is 2.08. The maximum absolute atomic E-state index is 5.14. The molecule has 7 heavy (non-hydrogen) atoms. The third-order valence-electron chi connectivity index (χ3n) is 0.602. The van der Waals surface area contributed by atoms with Gasteiger partial charge in [0, 0.05) is 8.55 Å². The van der Waals surface area contributed by atoms with Crippen molar-refractivity contribution >= 4 is 27.4 Å². The predicted octanol–water partition coefficient (Wildman–Crippen LogP) is -3.56. The molecule has 0 atom stereocenters. The van der Waals surface area contributed by atoms with Gasteiger partial charge in [0.1, 0.15) is 0 Å². The molecule has 0 fully saturated rings. The molecular formula is C3H11NSi3. The molecule has 0 unspecified atom stereocenters. The maximum atomic E-state index is 5.14. The van der Waals surface area contributed by atoms with Crippen molar-refractivity contribution < 1.29 is 0 Å². The highest BCUT2D eigenvalue weighted by atomic mass is 29.5. The van der Waals surface area contributed by atoms with Crippen molar-refractivity contribution in [1.29, 1.82) is 0 Å². The fourth-order valence-electron chi connectivity index (χ4n) is 0.286. The van der Waals surface area contributed by atoms with E-state index in [1.165, 1.54) is 9.76 Å². The number of rotatable bonds is 1. The van der Waals surface area contributed by atoms with Crippen LogP contribution in [-0.4, -0.2) is 33.9 Å². The smallest absolute Gasteiger partial charge is 0.0888 e. The highest BCUT2D eigenvalue weighted by Gasteiger charge is 1.69. The van der Waals surface area contributed by atoms with Crippen molar-refractivity contribution in [3.8, 4) is 11.5 Å². The van der Waals surface area contributed by atoms with Gasteiger partial charge < -0.3 is 5.73 Å². The minimum Gasteiger partial charge on any atom is -0.320 e. The molecular weight excluding hydrogens is 134 g/mol. The van der Waals surface area contributed by atoms with Gasteiger partial charge in [-0.25, -0.2) is 0 Å². The Bertz CT molecular complexity index is 81.9. The van der Waals surface area contributed by atoms with Crippen LogP contribution >= 0.6 is 0 Å². The van der Waals surface area contributed by atoms with E-state index in [1.54, 1.807) is 0 Å². The minimum atomic E-state index is 0.170. The number of nitrogens with two attached hydrogens (primary N) is 1. The van der Waals surface area contributed by atoms with Crippen LogP contribution in [-0.2, 0) is 0 Å². The predicted molar refractivity (Wildman–Crippen MR) is 43.9 cm³/mol. The Morgan fingerprint density at radius 2 is 2.43 bits per heavy atom. The van der Waals surface area contributed by atoms with Gasteiger partial charge in [-0.1, -0.05) is 5.92 Å². The molecule has 0 aromatic rings. The monoisotopic (exact) mass is 145 g/mol. The quantitative estimate of drug-likeness (QED) is 0.300. The van der Waals surface area contributed by atoms with E-state index in [1.807, 2.05) is 0 Å². The Morgan fingerprint density at radius 3 is 2.86 bits per heavy atom. The summed E-state index contributed by atoms with van der Waals surface area (Å²) in [6.07, 6.45) is 0. The summed E-state index contributed by atoms with van der Waals surface area (Å²) in [4.78, 5) is 0. The van der Waals surface area contributed by atoms with E-state index in [-0.39, 0.29) is 9.04 Å². The number of hydrogen-bond donors (Lipinski definition) is 1. The van der Waals surface area contributed by atoms with Gasteiger partial charge in [0.2, 0.25) is 0 Å². The topological polar surface area (TPSA) is 26.0 Å². The van der Waals surface area contributed by atoms with Crippen LogP contribution in [0.2, 0.25) is 0 Å². The molecule has 0 saturated carbocycles. The standard InChI is InChI=1S/C3H11NSi3/c4-2-1-3-6-7-5/h2,4,6-7H2,5H3. The Kier molecular flexibility index (Phi) is 6.32. The third kappa shape index (κ3) is 6.17. The molecule has 4 heteroatoms. The van der Waals surface area contributed by atoms with Crippen molar-refractivity contribution in [1.82, 2.24) is 0 Å². The fraction of sp³-hybridized carbons (Fsp3) is 0.333. The second-order valence-corrected chi connectivity index (χ2v) is 16.7. The Morgan fingerprint density at radius 1 is 1.71 bits per heavy atom. The molecule has 0 bridgehead atoms. The van der Waals surface area contributed by atoms with E-state index >= 15 is 0 Å². The molecule has 0 rings (SSSR count). The zero-order valence-corrected chi connectivity index (χ0v) is 9.53. The van der Waals surface area contributed by atoms with E-state index in [0.29, 0.717) is 15.1 Å². The van der Waals surface area contributed by atoms with Crippen LogP contribution in [0.4, 0.5) is 0 Å². The van der Waals surface area contributed by atoms with E-state index in [0.717, 1.165) is 0 Å². The fourth-order valence-corrected chi connectivity index (χ4v) is 4.39. The van der Waals surface area contributed by atoms with E-state index < -0.39 is 0 Å². The molecule has 0 saturated heterocycles. The first kappa shape index (κ1) is 7.17. The zero-order valence-electron chi connectivity index (χ0n) is 4.70. The van der Waals surface area contributed by atoms with Gasteiger partial charge in [-0.2, -0.15) is 0 Å². The van der Waals surface area contributed by atoms with Crippen LogP contribution < -0.4 is 5.73 Å². The normalized spacial score (nSPS) is 11.0. The van der Waals surface area contributed by atoms with Crippen LogP contribution in [0.15, 0.2) is 0 Å². The second kappa shape index (κ2) is 6.17. The van der Waals surface area contributed by atoms with Gasteiger partial charge in [-0.05, 0) is 9.76 Å². The molecule has 0 aliphatic heterocycles. The Hall–Kier alpha value is 0.171. The molecule has 2 N–H and O–H groups in total. The van der Waals surface area contributed by atoms with Crippen LogP contribution in [0.25, 0.3) is 0 Å². The summed E-state index contributed by atoms with van der Waals surface area (Å²) >= 11 is 0. The molecule has 0 aliphatic carbocycles. The molecule has 0 aromatic heterocycles. The van der Waals surface area contributed by atoms with E-state index in [2.05, 4.69) is 11.5 Å². The van der Waals surface area contributed by atoms with Gasteiger partial charge in [0.15, 0.2) is 0 Å². The first-order valence-electron chi connectivity index (χ1n) is 2.57. The van der Waals surface area contributed by atoms with E-state index in [4.69, 9.17) is 5.73 Å². The third-order valence-corrected chi connectivity index (χ3v) is 8.35. The largest absolute Gasteiger partial charge is 0.320 e. The second-order valence-electron chi connectivity index (χ2n) is 1.31. The van der Waals surface area contributed by atoms with Crippen molar-refractivity contribution in [3.05, 3.63) is 0 Å². The average Bonchev–Trinajstić information content (AvgIpc) is 1.69. The van der Waals surface area contributed by atoms with Crippen molar-refractivity contribution in [2.45, 2.75) is 0 Å². The van der Waals surface area contributed by atoms with Crippen molar-refractivity contribution in [3.63, 3.8) is 0 Å². The molecule has 40 valence electrons. The number of hydrogen-bond acceptors (Lipinski definition) is 1. The van der Waals surface area contributed by atoms with Crippen molar-refractivity contribution in [2.24, 2.45) is 5.73 Å². The molecule has 0 aromatic carbocycles. The van der Waals surface area contributed by atoms with Crippen LogP contribution in [0.5, 0.6) is 0 Å². The molecule has 0 radical (unpaired) electrons. The lowest BCUT2D eigenvalue weighted by Gasteiger charge is -1.72. The maximum Gasteiger partial charge on any atom is 0.0888 e. The van der Waals surface area contributed by atoms with Crippen LogP contribution in [0.1, 0.15) is 0 Å². The summed E-state index contributed by atoms with van der Waals surface area (Å²) in [5.74, 6) is 2.90. The highest BCUT2D eigenvalue weighted by molar-refractivity contribution is 7.26. The summed E-state index contributed by atoms with van der Waals surface area (Å²) in [5.41, 5.74) is 8.29. The van der Waals surface area contributed by atoms with Crippen molar-refractivity contribution in [2.75, 3.05) is 6.54 Å².